The summed E-state index contributed by atoms with van der Waals surface area (Å²) in [4.78, 5) is 8.91. The summed E-state index contributed by atoms with van der Waals surface area (Å²) in [6.45, 7) is 6.70. The van der Waals surface area contributed by atoms with Gasteiger partial charge in [0.05, 0.1) is 18.3 Å². The largest absolute Gasteiger partial charge is 0.490 e. The first kappa shape index (κ1) is 21.6. The number of nitrogens with one attached hydrogen (secondary N) is 4. The highest BCUT2D eigenvalue weighted by molar-refractivity contribution is 5.64. The Morgan fingerprint density at radius 3 is 2.72 bits per heavy atom. The number of nitriles is 1. The van der Waals surface area contributed by atoms with Crippen molar-refractivity contribution in [1.29, 1.82) is 5.26 Å². The van der Waals surface area contributed by atoms with E-state index in [1.807, 2.05) is 38.1 Å². The van der Waals surface area contributed by atoms with E-state index in [0.29, 0.717) is 47.8 Å². The highest BCUT2D eigenvalue weighted by Crippen LogP contribution is 2.33. The van der Waals surface area contributed by atoms with Gasteiger partial charge in [-0.05, 0) is 69.5 Å². The summed E-state index contributed by atoms with van der Waals surface area (Å²) >= 11 is 0. The van der Waals surface area contributed by atoms with E-state index in [9.17, 15) is 5.26 Å². The number of pyridine rings is 2. The summed E-state index contributed by atoms with van der Waals surface area (Å²) in [5.74, 6) is 2.94. The molecule has 0 bridgehead atoms. The van der Waals surface area contributed by atoms with Crippen LogP contribution in [0.3, 0.4) is 0 Å². The predicted octanol–water partition coefficient (Wildman–Crippen LogP) is 3.39. The quantitative estimate of drug-likeness (QED) is 0.399. The molecular formula is C23H28N8O. The van der Waals surface area contributed by atoms with E-state index >= 15 is 0 Å². The molecule has 9 heteroatoms. The van der Waals surface area contributed by atoms with Gasteiger partial charge in [-0.25, -0.2) is 4.98 Å². The molecule has 0 aromatic carbocycles. The molecule has 0 spiro atoms. The Kier molecular flexibility index (Phi) is 6.82. The van der Waals surface area contributed by atoms with Crippen LogP contribution in [0.4, 0.5) is 17.5 Å². The average molecular weight is 433 g/mol. The van der Waals surface area contributed by atoms with E-state index < -0.39 is 0 Å². The normalized spacial score (nSPS) is 14.0. The third kappa shape index (κ3) is 5.34. The third-order valence-electron chi connectivity index (χ3n) is 5.45. The molecule has 32 heavy (non-hydrogen) atoms. The van der Waals surface area contributed by atoms with E-state index in [2.05, 4.69) is 42.2 Å². The lowest BCUT2D eigenvalue weighted by molar-refractivity contribution is 0.331. The Labute approximate surface area is 187 Å². The summed E-state index contributed by atoms with van der Waals surface area (Å²) in [5.41, 5.74) is 3.52. The first-order valence-electron chi connectivity index (χ1n) is 10.9. The Hall–Kier alpha value is -3.64. The molecule has 4 rings (SSSR count). The van der Waals surface area contributed by atoms with Gasteiger partial charge in [-0.3, -0.25) is 10.1 Å². The fraction of sp³-hybridized carbons (Fsp3) is 0.391. The number of rotatable bonds is 8. The van der Waals surface area contributed by atoms with Crippen LogP contribution >= 0.6 is 0 Å². The van der Waals surface area contributed by atoms with Crippen molar-refractivity contribution < 1.29 is 4.74 Å². The van der Waals surface area contributed by atoms with Gasteiger partial charge >= 0.3 is 0 Å². The maximum absolute atomic E-state index is 9.95. The Bertz CT molecular complexity index is 1080. The molecule has 3 aromatic rings. The van der Waals surface area contributed by atoms with E-state index in [1.165, 1.54) is 0 Å². The summed E-state index contributed by atoms with van der Waals surface area (Å²) in [7, 11) is 0. The molecule has 0 atom stereocenters. The van der Waals surface area contributed by atoms with Gasteiger partial charge in [-0.15, -0.1) is 0 Å². The van der Waals surface area contributed by atoms with Crippen LogP contribution in [0.15, 0.2) is 30.5 Å². The summed E-state index contributed by atoms with van der Waals surface area (Å²) in [5, 5.41) is 27.1. The maximum Gasteiger partial charge on any atom is 0.153 e. The van der Waals surface area contributed by atoms with Crippen LogP contribution in [0.25, 0.3) is 0 Å². The zero-order valence-corrected chi connectivity index (χ0v) is 18.4. The molecule has 1 saturated heterocycles. The lowest BCUT2D eigenvalue weighted by atomic mass is 9.87. The SMILES string of the molecule is Cc1ccc(OCCNc2nc(Nc3cc(C)[nH]n3)cc(C3CCNCC3)c2C#N)cn1. The minimum atomic E-state index is 0.311. The number of aromatic amines is 1. The minimum absolute atomic E-state index is 0.311. The molecule has 166 valence electrons. The highest BCUT2D eigenvalue weighted by Gasteiger charge is 2.22. The standard InChI is InChI=1S/C23H28N8O/c1-15-3-4-18(14-27-15)32-10-9-26-23-20(13-24)19(17-5-7-25-8-6-17)12-21(29-23)28-22-11-16(2)30-31-22/h3-4,11-12,14,17,25H,5-10H2,1-2H3,(H3,26,28,29,30,31). The molecule has 0 amide bonds. The third-order valence-corrected chi connectivity index (χ3v) is 5.45. The zero-order valence-electron chi connectivity index (χ0n) is 18.4. The molecule has 1 fully saturated rings. The molecule has 4 heterocycles. The van der Waals surface area contributed by atoms with Gasteiger partial charge in [0.25, 0.3) is 0 Å². The molecule has 1 aliphatic rings. The van der Waals surface area contributed by atoms with Gasteiger partial charge in [0.15, 0.2) is 5.82 Å². The summed E-state index contributed by atoms with van der Waals surface area (Å²) in [6, 6.07) is 10.1. The molecule has 3 aromatic heterocycles. The monoisotopic (exact) mass is 432 g/mol. The van der Waals surface area contributed by atoms with Crippen LogP contribution in [0.5, 0.6) is 5.75 Å². The van der Waals surface area contributed by atoms with Crippen molar-refractivity contribution in [3.05, 3.63) is 53.0 Å². The van der Waals surface area contributed by atoms with Crippen molar-refractivity contribution in [3.8, 4) is 11.8 Å². The fourth-order valence-corrected chi connectivity index (χ4v) is 3.82. The molecule has 0 saturated carbocycles. The van der Waals surface area contributed by atoms with E-state index in [0.717, 1.165) is 42.9 Å². The number of hydrogen-bond donors (Lipinski definition) is 4. The minimum Gasteiger partial charge on any atom is -0.490 e. The van der Waals surface area contributed by atoms with Gasteiger partial charge in [-0.2, -0.15) is 10.4 Å². The van der Waals surface area contributed by atoms with Crippen molar-refractivity contribution in [2.75, 3.05) is 36.9 Å². The first-order chi connectivity index (χ1) is 15.6. The number of hydrogen-bond acceptors (Lipinski definition) is 8. The molecule has 4 N–H and O–H groups in total. The van der Waals surface area contributed by atoms with Crippen molar-refractivity contribution in [1.82, 2.24) is 25.5 Å². The van der Waals surface area contributed by atoms with Crippen molar-refractivity contribution in [2.24, 2.45) is 0 Å². The van der Waals surface area contributed by atoms with E-state index in [1.54, 1.807) is 6.20 Å². The van der Waals surface area contributed by atoms with Gasteiger partial charge in [0.2, 0.25) is 0 Å². The zero-order chi connectivity index (χ0) is 22.3. The number of anilines is 3. The predicted molar refractivity (Wildman–Crippen MR) is 123 cm³/mol. The number of aryl methyl sites for hydroxylation is 2. The Morgan fingerprint density at radius 1 is 1.19 bits per heavy atom. The maximum atomic E-state index is 9.95. The van der Waals surface area contributed by atoms with E-state index in [4.69, 9.17) is 4.74 Å². The van der Waals surface area contributed by atoms with Crippen LogP contribution in [0.1, 0.15) is 41.3 Å². The summed E-state index contributed by atoms with van der Waals surface area (Å²) in [6.07, 6.45) is 3.69. The molecular weight excluding hydrogens is 404 g/mol. The molecule has 0 unspecified atom stereocenters. The van der Waals surface area contributed by atoms with Crippen LogP contribution in [-0.2, 0) is 0 Å². The smallest absolute Gasteiger partial charge is 0.153 e. The molecule has 1 aliphatic heterocycles. The molecule has 0 aliphatic carbocycles. The molecule has 0 radical (unpaired) electrons. The van der Waals surface area contributed by atoms with Crippen LogP contribution in [0, 0.1) is 25.2 Å². The fourth-order valence-electron chi connectivity index (χ4n) is 3.82. The van der Waals surface area contributed by atoms with Gasteiger partial charge < -0.3 is 20.7 Å². The summed E-state index contributed by atoms with van der Waals surface area (Å²) < 4.78 is 5.76. The van der Waals surface area contributed by atoms with E-state index in [-0.39, 0.29) is 0 Å². The van der Waals surface area contributed by atoms with Crippen LogP contribution in [0.2, 0.25) is 0 Å². The number of H-pyrrole nitrogens is 1. The van der Waals surface area contributed by atoms with Crippen LogP contribution in [-0.4, -0.2) is 46.4 Å². The van der Waals surface area contributed by atoms with Gasteiger partial charge in [-0.1, -0.05) is 0 Å². The lowest BCUT2D eigenvalue weighted by Gasteiger charge is -2.25. The first-order valence-corrected chi connectivity index (χ1v) is 10.9. The Balaban J connectivity index is 1.53. The second-order valence-electron chi connectivity index (χ2n) is 7.93. The van der Waals surface area contributed by atoms with Crippen molar-refractivity contribution >= 4 is 17.5 Å². The lowest BCUT2D eigenvalue weighted by Crippen LogP contribution is -2.27. The molecule has 9 nitrogen and oxygen atoms in total. The number of nitrogens with zero attached hydrogens (tertiary/aromatic N) is 4. The topological polar surface area (TPSA) is 124 Å². The van der Waals surface area contributed by atoms with Crippen molar-refractivity contribution in [3.63, 3.8) is 0 Å². The second-order valence-corrected chi connectivity index (χ2v) is 7.93. The van der Waals surface area contributed by atoms with Crippen LogP contribution < -0.4 is 20.7 Å². The highest BCUT2D eigenvalue weighted by atomic mass is 16.5. The Morgan fingerprint density at radius 2 is 2.03 bits per heavy atom. The van der Waals surface area contributed by atoms with Crippen molar-refractivity contribution in [2.45, 2.75) is 32.6 Å². The second kappa shape index (κ2) is 10.1. The van der Waals surface area contributed by atoms with Gasteiger partial charge in [0, 0.05) is 17.5 Å². The number of ether oxygens (including phenoxy) is 1. The van der Waals surface area contributed by atoms with Gasteiger partial charge in [0.1, 0.15) is 30.1 Å². The number of aromatic nitrogens is 4. The average Bonchev–Trinajstić information content (AvgIpc) is 3.22. The number of piperidine rings is 1.